The van der Waals surface area contributed by atoms with Crippen molar-refractivity contribution in [2.75, 3.05) is 20.3 Å². The van der Waals surface area contributed by atoms with Gasteiger partial charge < -0.3 is 29.2 Å². The smallest absolute Gasteiger partial charge is 0.162 e. The zero-order chi connectivity index (χ0) is 14.5. The van der Waals surface area contributed by atoms with Gasteiger partial charge in [-0.2, -0.15) is 0 Å². The predicted octanol–water partition coefficient (Wildman–Crippen LogP) is 0.0537. The molecule has 2 unspecified atom stereocenters. The molecule has 0 aromatic heterocycles. The molecule has 2 aliphatic heterocycles. The quantitative estimate of drug-likeness (QED) is 0.527. The highest BCUT2D eigenvalue weighted by atomic mass is 16.7. The summed E-state index contributed by atoms with van der Waals surface area (Å²) in [5, 5.41) is 19.6. The molecule has 0 saturated carbocycles. The normalized spacial score (nSPS) is 38.1. The van der Waals surface area contributed by atoms with Gasteiger partial charge in [-0.15, -0.1) is 0 Å². The van der Waals surface area contributed by atoms with Crippen molar-refractivity contribution >= 4 is 0 Å². The van der Waals surface area contributed by atoms with Crippen molar-refractivity contribution in [3.8, 4) is 0 Å². The fourth-order valence-electron chi connectivity index (χ4n) is 2.81. The van der Waals surface area contributed by atoms with E-state index < -0.39 is 23.1 Å². The summed E-state index contributed by atoms with van der Waals surface area (Å²) in [7, 11) is 1.55. The van der Waals surface area contributed by atoms with E-state index in [1.54, 1.807) is 21.0 Å². The van der Waals surface area contributed by atoms with Gasteiger partial charge in [0, 0.05) is 7.11 Å². The highest BCUT2D eigenvalue weighted by Gasteiger charge is 2.77. The number of hydrogen-bond acceptors (Lipinski definition) is 6. The fraction of sp³-hybridized carbons (Fsp3) is 1.00. The van der Waals surface area contributed by atoms with Crippen molar-refractivity contribution in [2.24, 2.45) is 0 Å². The zero-order valence-corrected chi connectivity index (χ0v) is 12.2. The first-order chi connectivity index (χ1) is 8.70. The Hall–Kier alpha value is -0.240. The molecule has 0 bridgehead atoms. The minimum Gasteiger partial charge on any atom is -0.394 e. The third kappa shape index (κ3) is 2.30. The number of aliphatic hydroxyl groups excluding tert-OH is 2. The fourth-order valence-corrected chi connectivity index (χ4v) is 2.81. The Morgan fingerprint density at radius 2 is 1.95 bits per heavy atom. The molecule has 2 aliphatic rings. The number of rotatable bonds is 6. The monoisotopic (exact) mass is 276 g/mol. The first-order valence-electron chi connectivity index (χ1n) is 6.54. The summed E-state index contributed by atoms with van der Waals surface area (Å²) in [6, 6.07) is 0. The standard InChI is InChI=1S/C13H24O6/c1-11(2)13(10(19-13)8(6-14)18-11)9(15)7-17-12(3,4)16-5/h8-10,14-15H,6-7H2,1-5H3/t8-,9?,10?,13+/m0/s1. The van der Waals surface area contributed by atoms with Crippen LogP contribution in [-0.4, -0.2) is 65.8 Å². The number of aliphatic hydroxyl groups is 2. The lowest BCUT2D eigenvalue weighted by atomic mass is 9.84. The molecule has 2 fully saturated rings. The van der Waals surface area contributed by atoms with Gasteiger partial charge in [-0.25, -0.2) is 0 Å². The maximum Gasteiger partial charge on any atom is 0.162 e. The maximum atomic E-state index is 10.4. The van der Waals surface area contributed by atoms with Crippen LogP contribution in [0, 0.1) is 0 Å². The molecule has 6 nitrogen and oxygen atoms in total. The first kappa shape index (κ1) is 15.2. The molecule has 0 spiro atoms. The second-order valence-electron chi connectivity index (χ2n) is 6.11. The summed E-state index contributed by atoms with van der Waals surface area (Å²) >= 11 is 0. The number of epoxide rings is 1. The zero-order valence-electron chi connectivity index (χ0n) is 12.2. The van der Waals surface area contributed by atoms with Gasteiger partial charge in [-0.3, -0.25) is 0 Å². The summed E-state index contributed by atoms with van der Waals surface area (Å²) in [4.78, 5) is 0. The van der Waals surface area contributed by atoms with E-state index in [1.165, 1.54) is 0 Å². The van der Waals surface area contributed by atoms with Crippen LogP contribution in [-0.2, 0) is 18.9 Å². The average molecular weight is 276 g/mol. The molecule has 4 atom stereocenters. The molecule has 2 rings (SSSR count). The topological polar surface area (TPSA) is 80.7 Å². The lowest BCUT2D eigenvalue weighted by molar-refractivity contribution is -0.221. The third-order valence-electron chi connectivity index (χ3n) is 4.17. The van der Waals surface area contributed by atoms with Gasteiger partial charge in [0.15, 0.2) is 11.4 Å². The number of ether oxygens (including phenoxy) is 4. The molecule has 0 aliphatic carbocycles. The van der Waals surface area contributed by atoms with E-state index in [0.717, 1.165) is 0 Å². The third-order valence-corrected chi connectivity index (χ3v) is 4.17. The summed E-state index contributed by atoms with van der Waals surface area (Å²) < 4.78 is 22.1. The Bertz CT molecular complexity index is 342. The van der Waals surface area contributed by atoms with Crippen molar-refractivity contribution in [3.05, 3.63) is 0 Å². The van der Waals surface area contributed by atoms with Crippen LogP contribution >= 0.6 is 0 Å². The second kappa shape index (κ2) is 4.65. The lowest BCUT2D eigenvalue weighted by Crippen LogP contribution is -2.50. The van der Waals surface area contributed by atoms with E-state index in [-0.39, 0.29) is 25.4 Å². The maximum absolute atomic E-state index is 10.4. The van der Waals surface area contributed by atoms with Gasteiger partial charge in [-0.1, -0.05) is 0 Å². The predicted molar refractivity (Wildman–Crippen MR) is 66.7 cm³/mol. The molecule has 0 radical (unpaired) electrons. The van der Waals surface area contributed by atoms with E-state index in [2.05, 4.69) is 0 Å². The van der Waals surface area contributed by atoms with Crippen LogP contribution < -0.4 is 0 Å². The van der Waals surface area contributed by atoms with Crippen LogP contribution in [0.1, 0.15) is 27.7 Å². The van der Waals surface area contributed by atoms with E-state index in [4.69, 9.17) is 18.9 Å². The molecular formula is C13H24O6. The Morgan fingerprint density at radius 1 is 1.32 bits per heavy atom. The molecular weight excluding hydrogens is 252 g/mol. The molecule has 0 amide bonds. The van der Waals surface area contributed by atoms with Crippen molar-refractivity contribution in [1.82, 2.24) is 0 Å². The van der Waals surface area contributed by atoms with Crippen LogP contribution in [0.2, 0.25) is 0 Å². The van der Waals surface area contributed by atoms with E-state index in [9.17, 15) is 10.2 Å². The molecule has 19 heavy (non-hydrogen) atoms. The van der Waals surface area contributed by atoms with Gasteiger partial charge in [0.1, 0.15) is 18.3 Å². The first-order valence-corrected chi connectivity index (χ1v) is 6.54. The van der Waals surface area contributed by atoms with E-state index in [0.29, 0.717) is 0 Å². The number of methoxy groups -OCH3 is 1. The number of fused-ring (bicyclic) bond motifs is 1. The molecule has 2 N–H and O–H groups in total. The van der Waals surface area contributed by atoms with Crippen molar-refractivity contribution in [1.29, 1.82) is 0 Å². The molecule has 6 heteroatoms. The second-order valence-corrected chi connectivity index (χ2v) is 6.11. The molecule has 2 heterocycles. The van der Waals surface area contributed by atoms with Crippen molar-refractivity contribution < 1.29 is 29.2 Å². The molecule has 2 saturated heterocycles. The summed E-state index contributed by atoms with van der Waals surface area (Å²) in [6.45, 7) is 7.22. The van der Waals surface area contributed by atoms with Crippen molar-refractivity contribution in [2.45, 2.75) is 63.0 Å². The van der Waals surface area contributed by atoms with Crippen LogP contribution in [0.25, 0.3) is 0 Å². The van der Waals surface area contributed by atoms with Gasteiger partial charge in [0.2, 0.25) is 0 Å². The van der Waals surface area contributed by atoms with Crippen LogP contribution in [0.5, 0.6) is 0 Å². The van der Waals surface area contributed by atoms with Crippen molar-refractivity contribution in [3.63, 3.8) is 0 Å². The summed E-state index contributed by atoms with van der Waals surface area (Å²) in [5.41, 5.74) is -1.46. The van der Waals surface area contributed by atoms with Gasteiger partial charge in [0.05, 0.1) is 18.8 Å². The SMILES string of the molecule is COC(C)(C)OCC(O)[C@@]12OC1[C@H](CO)OC2(C)C. The Labute approximate surface area is 113 Å². The summed E-state index contributed by atoms with van der Waals surface area (Å²) in [5.74, 6) is -0.762. The molecule has 0 aromatic rings. The minimum absolute atomic E-state index is 0.0856. The van der Waals surface area contributed by atoms with Gasteiger partial charge in [0.25, 0.3) is 0 Å². The summed E-state index contributed by atoms with van der Waals surface area (Å²) in [6.07, 6.45) is -1.50. The van der Waals surface area contributed by atoms with Gasteiger partial charge in [-0.05, 0) is 27.7 Å². The Morgan fingerprint density at radius 3 is 2.37 bits per heavy atom. The van der Waals surface area contributed by atoms with E-state index >= 15 is 0 Å². The van der Waals surface area contributed by atoms with Crippen LogP contribution in [0.3, 0.4) is 0 Å². The van der Waals surface area contributed by atoms with Crippen LogP contribution in [0.4, 0.5) is 0 Å². The Kier molecular flexibility index (Phi) is 3.71. The molecule has 0 aromatic carbocycles. The molecule has 112 valence electrons. The highest BCUT2D eigenvalue weighted by Crippen LogP contribution is 2.57. The minimum atomic E-state index is -0.835. The average Bonchev–Trinajstić information content (AvgIpc) is 3.06. The van der Waals surface area contributed by atoms with E-state index in [1.807, 2.05) is 13.8 Å². The van der Waals surface area contributed by atoms with Gasteiger partial charge >= 0.3 is 0 Å². The van der Waals surface area contributed by atoms with Crippen LogP contribution in [0.15, 0.2) is 0 Å². The number of hydrogen-bond donors (Lipinski definition) is 2. The largest absolute Gasteiger partial charge is 0.394 e. The highest BCUT2D eigenvalue weighted by molar-refractivity contribution is 5.24. The lowest BCUT2D eigenvalue weighted by Gasteiger charge is -2.33. The Balaban J connectivity index is 2.02.